The van der Waals surface area contributed by atoms with E-state index in [0.29, 0.717) is 11.5 Å². The van der Waals surface area contributed by atoms with E-state index in [0.717, 1.165) is 37.2 Å². The summed E-state index contributed by atoms with van der Waals surface area (Å²) in [6, 6.07) is 7.66. The minimum absolute atomic E-state index is 0.200. The van der Waals surface area contributed by atoms with Crippen LogP contribution < -0.4 is 10.6 Å². The Hall–Kier alpha value is -1.62. The first-order valence-corrected chi connectivity index (χ1v) is 7.37. The fourth-order valence-electron chi connectivity index (χ4n) is 2.42. The smallest absolute Gasteiger partial charge is 0.242 e. The lowest BCUT2D eigenvalue weighted by Gasteiger charge is -2.29. The summed E-state index contributed by atoms with van der Waals surface area (Å²) in [4.78, 5) is 16.5. The summed E-state index contributed by atoms with van der Waals surface area (Å²) in [5.74, 6) is 0.200. The summed E-state index contributed by atoms with van der Waals surface area (Å²) in [6.07, 6.45) is 3.48. The van der Waals surface area contributed by atoms with Gasteiger partial charge in [0.25, 0.3) is 0 Å². The van der Waals surface area contributed by atoms with Crippen molar-refractivity contribution in [3.8, 4) is 0 Å². The molecule has 2 N–H and O–H groups in total. The number of hydrogen-bond acceptors (Lipinski definition) is 3. The second-order valence-electron chi connectivity index (χ2n) is 5.21. The molecule has 1 fully saturated rings. The Morgan fingerprint density at radius 2 is 1.85 bits per heavy atom. The molecule has 0 atom stereocenters. The van der Waals surface area contributed by atoms with Crippen LogP contribution in [0.3, 0.4) is 0 Å². The van der Waals surface area contributed by atoms with Crippen LogP contribution >= 0.6 is 12.2 Å². The number of likely N-dealkylation sites (N-methyl/N-ethyl adjacent to an activating group) is 1. The van der Waals surface area contributed by atoms with Crippen molar-refractivity contribution in [1.29, 1.82) is 0 Å². The Kier molecular flexibility index (Phi) is 4.95. The van der Waals surface area contributed by atoms with Crippen LogP contribution in [0.25, 0.3) is 0 Å². The lowest BCUT2D eigenvalue weighted by molar-refractivity contribution is -0.130. The van der Waals surface area contributed by atoms with Crippen LogP contribution in [0.15, 0.2) is 24.3 Å². The monoisotopic (exact) mass is 291 g/mol. The third-order valence-corrected chi connectivity index (χ3v) is 3.91. The third-order valence-electron chi connectivity index (χ3n) is 3.67. The van der Waals surface area contributed by atoms with E-state index in [-0.39, 0.29) is 5.91 Å². The second kappa shape index (κ2) is 6.70. The molecule has 0 bridgehead atoms. The molecule has 1 amide bonds. The van der Waals surface area contributed by atoms with Gasteiger partial charge >= 0.3 is 0 Å². The van der Waals surface area contributed by atoms with Crippen molar-refractivity contribution in [3.05, 3.63) is 29.8 Å². The average molecular weight is 291 g/mol. The number of nitrogens with zero attached hydrogens (tertiary/aromatic N) is 2. The molecule has 1 aliphatic rings. The minimum Gasteiger partial charge on any atom is -0.389 e. The highest BCUT2D eigenvalue weighted by atomic mass is 32.1. The number of rotatable bonds is 4. The first-order valence-electron chi connectivity index (χ1n) is 6.96. The molecule has 1 saturated heterocycles. The normalized spacial score (nSPS) is 14.9. The summed E-state index contributed by atoms with van der Waals surface area (Å²) >= 11 is 4.93. The Morgan fingerprint density at radius 1 is 1.25 bits per heavy atom. The molecule has 0 radical (unpaired) electrons. The van der Waals surface area contributed by atoms with Gasteiger partial charge in [-0.2, -0.15) is 0 Å². The SMILES string of the molecule is CN(CC(=O)N1CCCCC1)c1ccc(C(N)=S)cc1. The van der Waals surface area contributed by atoms with Crippen LogP contribution in [0.4, 0.5) is 5.69 Å². The van der Waals surface area contributed by atoms with Crippen LogP contribution in [0.2, 0.25) is 0 Å². The predicted octanol–water partition coefficient (Wildman–Crippen LogP) is 1.77. The number of hydrogen-bond donors (Lipinski definition) is 1. The maximum atomic E-state index is 12.2. The summed E-state index contributed by atoms with van der Waals surface area (Å²) in [5, 5.41) is 0. The maximum absolute atomic E-state index is 12.2. The first-order chi connectivity index (χ1) is 9.58. The van der Waals surface area contributed by atoms with Crippen molar-refractivity contribution in [2.45, 2.75) is 19.3 Å². The van der Waals surface area contributed by atoms with E-state index in [4.69, 9.17) is 18.0 Å². The first kappa shape index (κ1) is 14.8. The van der Waals surface area contributed by atoms with E-state index < -0.39 is 0 Å². The zero-order valence-electron chi connectivity index (χ0n) is 11.8. The largest absolute Gasteiger partial charge is 0.389 e. The van der Waals surface area contributed by atoms with Crippen molar-refractivity contribution >= 4 is 28.8 Å². The predicted molar refractivity (Wildman–Crippen MR) is 86.0 cm³/mol. The van der Waals surface area contributed by atoms with Crippen molar-refractivity contribution in [2.75, 3.05) is 31.6 Å². The van der Waals surface area contributed by atoms with Gasteiger partial charge < -0.3 is 15.5 Å². The quantitative estimate of drug-likeness (QED) is 0.859. The van der Waals surface area contributed by atoms with Gasteiger partial charge in [-0.05, 0) is 43.5 Å². The van der Waals surface area contributed by atoms with Gasteiger partial charge in [0.05, 0.1) is 6.54 Å². The van der Waals surface area contributed by atoms with Crippen molar-refractivity contribution in [3.63, 3.8) is 0 Å². The number of anilines is 1. The molecule has 1 aromatic carbocycles. The Bertz CT molecular complexity index is 480. The van der Waals surface area contributed by atoms with E-state index in [1.54, 1.807) is 0 Å². The number of carbonyl (C=O) groups is 1. The molecule has 1 aromatic rings. The molecular formula is C15H21N3OS. The molecule has 4 nitrogen and oxygen atoms in total. The van der Waals surface area contributed by atoms with Gasteiger partial charge in [-0.25, -0.2) is 0 Å². The van der Waals surface area contributed by atoms with Gasteiger partial charge in [0.1, 0.15) is 4.99 Å². The summed E-state index contributed by atoms with van der Waals surface area (Å²) in [7, 11) is 1.93. The molecule has 0 saturated carbocycles. The molecule has 20 heavy (non-hydrogen) atoms. The number of amides is 1. The Labute approximate surface area is 125 Å². The fourth-order valence-corrected chi connectivity index (χ4v) is 2.55. The molecule has 0 aromatic heterocycles. The standard InChI is InChI=1S/C15H21N3OS/c1-17(11-14(19)18-9-3-2-4-10-18)13-7-5-12(6-8-13)15(16)20/h5-8H,2-4,9-11H2,1H3,(H2,16,20). The minimum atomic E-state index is 0.200. The maximum Gasteiger partial charge on any atom is 0.242 e. The number of nitrogens with two attached hydrogens (primary N) is 1. The lowest BCUT2D eigenvalue weighted by Crippen LogP contribution is -2.41. The summed E-state index contributed by atoms with van der Waals surface area (Å²) in [5.41, 5.74) is 7.42. The van der Waals surface area contributed by atoms with Crippen LogP contribution in [-0.2, 0) is 4.79 Å². The number of carbonyl (C=O) groups excluding carboxylic acids is 1. The molecule has 1 aliphatic heterocycles. The molecule has 0 aliphatic carbocycles. The number of thiocarbonyl (C=S) groups is 1. The molecule has 0 spiro atoms. The average Bonchev–Trinajstić information content (AvgIpc) is 2.48. The zero-order valence-corrected chi connectivity index (χ0v) is 12.7. The molecular weight excluding hydrogens is 270 g/mol. The van der Waals surface area contributed by atoms with Gasteiger partial charge in [-0.1, -0.05) is 12.2 Å². The van der Waals surface area contributed by atoms with Gasteiger partial charge in [0.15, 0.2) is 0 Å². The van der Waals surface area contributed by atoms with Crippen molar-refractivity contribution < 1.29 is 4.79 Å². The van der Waals surface area contributed by atoms with Crippen LogP contribution in [0.1, 0.15) is 24.8 Å². The van der Waals surface area contributed by atoms with Crippen molar-refractivity contribution in [1.82, 2.24) is 4.90 Å². The number of benzene rings is 1. The summed E-state index contributed by atoms with van der Waals surface area (Å²) in [6.45, 7) is 2.20. The molecule has 2 rings (SSSR count). The van der Waals surface area contributed by atoms with E-state index >= 15 is 0 Å². The third kappa shape index (κ3) is 3.70. The molecule has 1 heterocycles. The lowest BCUT2D eigenvalue weighted by atomic mass is 10.1. The van der Waals surface area contributed by atoms with Crippen molar-refractivity contribution in [2.24, 2.45) is 5.73 Å². The van der Waals surface area contributed by atoms with E-state index in [9.17, 15) is 4.79 Å². The highest BCUT2D eigenvalue weighted by Crippen LogP contribution is 2.15. The highest BCUT2D eigenvalue weighted by molar-refractivity contribution is 7.80. The topological polar surface area (TPSA) is 49.6 Å². The zero-order chi connectivity index (χ0) is 14.5. The molecule has 108 valence electrons. The van der Waals surface area contributed by atoms with Gasteiger partial charge in [-0.15, -0.1) is 0 Å². The number of likely N-dealkylation sites (tertiary alicyclic amines) is 1. The van der Waals surface area contributed by atoms with Crippen LogP contribution in [0.5, 0.6) is 0 Å². The Balaban J connectivity index is 1.94. The van der Waals surface area contributed by atoms with E-state index in [1.165, 1.54) is 6.42 Å². The van der Waals surface area contributed by atoms with Gasteiger partial charge in [0, 0.05) is 31.4 Å². The summed E-state index contributed by atoms with van der Waals surface area (Å²) < 4.78 is 0. The molecule has 5 heteroatoms. The highest BCUT2D eigenvalue weighted by Gasteiger charge is 2.17. The van der Waals surface area contributed by atoms with Crippen LogP contribution in [0, 0.1) is 0 Å². The van der Waals surface area contributed by atoms with E-state index in [1.807, 2.05) is 41.1 Å². The second-order valence-corrected chi connectivity index (χ2v) is 5.65. The van der Waals surface area contributed by atoms with Crippen LogP contribution in [-0.4, -0.2) is 42.5 Å². The number of piperidine rings is 1. The van der Waals surface area contributed by atoms with Gasteiger partial charge in [0.2, 0.25) is 5.91 Å². The van der Waals surface area contributed by atoms with E-state index in [2.05, 4.69) is 0 Å². The van der Waals surface area contributed by atoms with Gasteiger partial charge in [-0.3, -0.25) is 4.79 Å². The Morgan fingerprint density at radius 3 is 2.40 bits per heavy atom. The fraction of sp³-hybridized carbons (Fsp3) is 0.467. The molecule has 0 unspecified atom stereocenters.